The molecule has 0 aromatic heterocycles. The Balaban J connectivity index is 1.38. The summed E-state index contributed by atoms with van der Waals surface area (Å²) in [5.41, 5.74) is 2.81. The van der Waals surface area contributed by atoms with Gasteiger partial charge in [-0.2, -0.15) is 0 Å². The summed E-state index contributed by atoms with van der Waals surface area (Å²) in [6, 6.07) is 26.1. The van der Waals surface area contributed by atoms with Crippen LogP contribution in [0.15, 0.2) is 103 Å². The van der Waals surface area contributed by atoms with E-state index in [-0.39, 0.29) is 12.3 Å². The van der Waals surface area contributed by atoms with Crippen molar-refractivity contribution in [2.45, 2.75) is 36.9 Å². The van der Waals surface area contributed by atoms with Crippen LogP contribution >= 0.6 is 11.8 Å². The number of benzene rings is 3. The minimum absolute atomic E-state index is 0.140. The Labute approximate surface area is 236 Å². The molecule has 40 heavy (non-hydrogen) atoms. The first-order valence-corrected chi connectivity index (χ1v) is 13.9. The average Bonchev–Trinajstić information content (AvgIpc) is 2.98. The van der Waals surface area contributed by atoms with Crippen LogP contribution in [-0.4, -0.2) is 51.9 Å². The highest BCUT2D eigenvalue weighted by Gasteiger charge is 2.57. The normalized spacial score (nSPS) is 20.9. The molecule has 3 atom stereocenters. The van der Waals surface area contributed by atoms with Gasteiger partial charge in [0.15, 0.2) is 12.1 Å². The number of esters is 2. The van der Waals surface area contributed by atoms with E-state index in [1.165, 1.54) is 29.8 Å². The summed E-state index contributed by atoms with van der Waals surface area (Å²) < 4.78 is 11.2. The van der Waals surface area contributed by atoms with E-state index in [1.54, 1.807) is 0 Å². The first kappa shape index (κ1) is 27.2. The Morgan fingerprint density at radius 2 is 1.52 bits per heavy atom. The van der Waals surface area contributed by atoms with Crippen LogP contribution in [0.1, 0.15) is 29.7 Å². The Kier molecular flexibility index (Phi) is 8.31. The molecule has 9 heteroatoms. The molecular weight excluding hydrogens is 528 g/mol. The summed E-state index contributed by atoms with van der Waals surface area (Å²) in [7, 11) is 0. The van der Waals surface area contributed by atoms with E-state index in [4.69, 9.17) is 9.47 Å². The van der Waals surface area contributed by atoms with E-state index in [0.717, 1.165) is 16.7 Å². The topological polar surface area (TPSA) is 102 Å². The van der Waals surface area contributed by atoms with Crippen LogP contribution in [0.2, 0.25) is 0 Å². The second-order valence-corrected chi connectivity index (χ2v) is 10.6. The summed E-state index contributed by atoms with van der Waals surface area (Å²) in [5, 5.41) is 2.36. The monoisotopic (exact) mass is 556 g/mol. The number of rotatable bonds is 8. The second-order valence-electron chi connectivity index (χ2n) is 9.50. The molecule has 2 saturated heterocycles. The van der Waals surface area contributed by atoms with E-state index < -0.39 is 41.4 Å². The van der Waals surface area contributed by atoms with Crippen LogP contribution in [0.5, 0.6) is 0 Å². The van der Waals surface area contributed by atoms with E-state index in [1.807, 2.05) is 91.0 Å². The third-order valence-corrected chi connectivity index (χ3v) is 8.03. The Bertz CT molecular complexity index is 1370. The number of carbonyl (C=O) groups is 4. The van der Waals surface area contributed by atoms with Gasteiger partial charge in [0.1, 0.15) is 11.4 Å². The van der Waals surface area contributed by atoms with Gasteiger partial charge in [-0.3, -0.25) is 14.4 Å². The highest BCUT2D eigenvalue weighted by Crippen LogP contribution is 2.41. The maximum atomic E-state index is 13.8. The molecule has 2 aliphatic heterocycles. The van der Waals surface area contributed by atoms with Crippen molar-refractivity contribution in [2.75, 3.05) is 5.75 Å². The molecule has 204 valence electrons. The molecule has 2 fully saturated rings. The molecular formula is C31H28N2O6S. The summed E-state index contributed by atoms with van der Waals surface area (Å²) >= 11 is 1.39. The fourth-order valence-corrected chi connectivity index (χ4v) is 6.15. The van der Waals surface area contributed by atoms with Crippen molar-refractivity contribution in [1.29, 1.82) is 0 Å². The third kappa shape index (κ3) is 5.94. The van der Waals surface area contributed by atoms with Gasteiger partial charge in [-0.1, -0.05) is 91.0 Å². The number of ether oxygens (including phenoxy) is 2. The van der Waals surface area contributed by atoms with Gasteiger partial charge in [0.25, 0.3) is 0 Å². The van der Waals surface area contributed by atoms with Crippen LogP contribution in [0, 0.1) is 0 Å². The van der Waals surface area contributed by atoms with E-state index in [9.17, 15) is 19.2 Å². The minimum atomic E-state index is -1.10. The number of hydrogen-bond donors (Lipinski definition) is 1. The zero-order chi connectivity index (χ0) is 28.1. The lowest BCUT2D eigenvalue weighted by Crippen LogP contribution is -2.74. The van der Waals surface area contributed by atoms with Crippen molar-refractivity contribution in [3.8, 4) is 0 Å². The van der Waals surface area contributed by atoms with E-state index >= 15 is 0 Å². The smallest absolute Gasteiger partial charge is 0.334 e. The van der Waals surface area contributed by atoms with Crippen LogP contribution in [-0.2, 0) is 35.1 Å². The number of fused-ring (bicyclic) bond motifs is 1. The van der Waals surface area contributed by atoms with Gasteiger partial charge in [0, 0.05) is 18.2 Å². The molecule has 8 nitrogen and oxygen atoms in total. The van der Waals surface area contributed by atoms with Gasteiger partial charge in [-0.15, -0.1) is 11.8 Å². The van der Waals surface area contributed by atoms with Gasteiger partial charge in [-0.05, 0) is 16.7 Å². The van der Waals surface area contributed by atoms with Gasteiger partial charge in [0.2, 0.25) is 11.8 Å². The van der Waals surface area contributed by atoms with E-state index in [0.29, 0.717) is 11.3 Å². The Morgan fingerprint density at radius 3 is 2.10 bits per heavy atom. The molecule has 3 aromatic rings. The number of nitrogens with zero attached hydrogens (tertiary/aromatic N) is 1. The van der Waals surface area contributed by atoms with Crippen LogP contribution < -0.4 is 5.32 Å². The molecule has 2 unspecified atom stereocenters. The van der Waals surface area contributed by atoms with Crippen molar-refractivity contribution < 1.29 is 28.7 Å². The van der Waals surface area contributed by atoms with Crippen LogP contribution in [0.3, 0.4) is 0 Å². The molecule has 2 amide bonds. The van der Waals surface area contributed by atoms with Gasteiger partial charge >= 0.3 is 11.9 Å². The lowest BCUT2D eigenvalue weighted by Gasteiger charge is -2.52. The number of β-lactam (4-membered cyclic amide) rings is 1. The lowest BCUT2D eigenvalue weighted by atomic mass is 9.97. The first-order chi connectivity index (χ1) is 19.4. The van der Waals surface area contributed by atoms with Gasteiger partial charge in [-0.25, -0.2) is 4.79 Å². The largest absolute Gasteiger partial charge is 0.451 e. The molecule has 0 aliphatic carbocycles. The van der Waals surface area contributed by atoms with Crippen molar-refractivity contribution >= 4 is 35.5 Å². The number of carbonyl (C=O) groups excluding carboxylic acids is 4. The van der Waals surface area contributed by atoms with Crippen molar-refractivity contribution in [3.63, 3.8) is 0 Å². The SMILES string of the molecule is CC(=O)OC=C1CS[C@H]2C(NC(=O)Cc3ccccc3)C(=O)N2C1C(=O)OC(c1ccccc1)c1ccccc1. The average molecular weight is 557 g/mol. The molecule has 0 radical (unpaired) electrons. The van der Waals surface area contributed by atoms with Crippen molar-refractivity contribution in [3.05, 3.63) is 120 Å². The summed E-state index contributed by atoms with van der Waals surface area (Å²) in [4.78, 5) is 52.8. The highest BCUT2D eigenvalue weighted by molar-refractivity contribution is 8.00. The molecule has 0 saturated carbocycles. The Morgan fingerprint density at radius 1 is 0.950 bits per heavy atom. The number of nitrogens with one attached hydrogen (secondary N) is 1. The zero-order valence-corrected chi connectivity index (χ0v) is 22.6. The highest BCUT2D eigenvalue weighted by atomic mass is 32.2. The maximum absolute atomic E-state index is 13.8. The number of thioether (sulfide) groups is 1. The fourth-order valence-electron chi connectivity index (χ4n) is 4.80. The molecule has 5 rings (SSSR count). The zero-order valence-electron chi connectivity index (χ0n) is 21.8. The number of hydrogen-bond acceptors (Lipinski definition) is 7. The van der Waals surface area contributed by atoms with Crippen molar-refractivity contribution in [2.24, 2.45) is 0 Å². The maximum Gasteiger partial charge on any atom is 0.334 e. The molecule has 2 heterocycles. The standard InChI is InChI=1S/C31H28N2O6S/c1-20(34)38-18-24-19-40-30-26(32-25(35)17-21-11-5-2-6-12-21)29(36)33(30)27(24)31(37)39-28(22-13-7-3-8-14-22)23-15-9-4-10-16-23/h2-16,18,26-28,30H,17,19H2,1H3,(H,32,35)/t26?,27?,30-/m0/s1. The van der Waals surface area contributed by atoms with Gasteiger partial charge < -0.3 is 19.7 Å². The van der Waals surface area contributed by atoms with Crippen LogP contribution in [0.4, 0.5) is 0 Å². The summed E-state index contributed by atoms with van der Waals surface area (Å²) in [6.07, 6.45) is 0.656. The number of amides is 2. The first-order valence-electron chi connectivity index (χ1n) is 12.9. The Hall–Kier alpha value is -4.37. The van der Waals surface area contributed by atoms with E-state index in [2.05, 4.69) is 5.32 Å². The predicted molar refractivity (Wildman–Crippen MR) is 150 cm³/mol. The van der Waals surface area contributed by atoms with Gasteiger partial charge in [0.05, 0.1) is 12.7 Å². The molecule has 0 spiro atoms. The molecule has 0 bridgehead atoms. The summed E-state index contributed by atoms with van der Waals surface area (Å²) in [5.74, 6) is -1.56. The minimum Gasteiger partial charge on any atom is -0.451 e. The molecule has 1 N–H and O–H groups in total. The second kappa shape index (κ2) is 12.2. The van der Waals surface area contributed by atoms with Crippen LogP contribution in [0.25, 0.3) is 0 Å². The lowest BCUT2D eigenvalue weighted by molar-refractivity contribution is -0.165. The predicted octanol–water partition coefficient (Wildman–Crippen LogP) is 3.78. The van der Waals surface area contributed by atoms with Crippen molar-refractivity contribution in [1.82, 2.24) is 10.2 Å². The molecule has 3 aromatic carbocycles. The summed E-state index contributed by atoms with van der Waals surface area (Å²) in [6.45, 7) is 1.26. The third-order valence-electron chi connectivity index (χ3n) is 6.69. The fraction of sp³-hybridized carbons (Fsp3) is 0.226. The quantitative estimate of drug-likeness (QED) is 0.256. The molecule has 2 aliphatic rings.